The van der Waals surface area contributed by atoms with E-state index < -0.39 is 23.7 Å². The maximum Gasteiger partial charge on any atom is 0.307 e. The van der Waals surface area contributed by atoms with Crippen LogP contribution in [-0.2, 0) is 11.2 Å². The fourth-order valence-electron chi connectivity index (χ4n) is 5.30. The molecule has 36 heavy (non-hydrogen) atoms. The minimum absolute atomic E-state index is 0.0125. The van der Waals surface area contributed by atoms with Gasteiger partial charge >= 0.3 is 5.97 Å². The molecule has 2 aliphatic rings. The van der Waals surface area contributed by atoms with Crippen LogP contribution in [0.3, 0.4) is 0 Å². The number of carboxylic acids is 1. The Morgan fingerprint density at radius 1 is 1.28 bits per heavy atom. The van der Waals surface area contributed by atoms with E-state index in [0.717, 1.165) is 12.0 Å². The van der Waals surface area contributed by atoms with E-state index in [-0.39, 0.29) is 36.6 Å². The summed E-state index contributed by atoms with van der Waals surface area (Å²) >= 11 is 6.66. The highest BCUT2D eigenvalue weighted by Crippen LogP contribution is 2.51. The lowest BCUT2D eigenvalue weighted by atomic mass is 9.84. The van der Waals surface area contributed by atoms with Crippen LogP contribution in [0.15, 0.2) is 42.0 Å². The summed E-state index contributed by atoms with van der Waals surface area (Å²) in [6, 6.07) is 10.9. The van der Waals surface area contributed by atoms with E-state index in [1.807, 2.05) is 12.1 Å². The fourth-order valence-corrected chi connectivity index (χ4v) is 5.55. The molecule has 5 nitrogen and oxygen atoms in total. The number of hydrogen-bond acceptors (Lipinski definition) is 4. The summed E-state index contributed by atoms with van der Waals surface area (Å²) in [5.41, 5.74) is 4.96. The van der Waals surface area contributed by atoms with Gasteiger partial charge in [-0.3, -0.25) is 14.1 Å². The zero-order chi connectivity index (χ0) is 25.8. The Labute approximate surface area is 216 Å². The van der Waals surface area contributed by atoms with Crippen LogP contribution in [0.25, 0.3) is 5.57 Å². The van der Waals surface area contributed by atoms with Crippen molar-refractivity contribution in [2.75, 3.05) is 32.9 Å². The molecule has 1 aliphatic heterocycles. The van der Waals surface area contributed by atoms with Crippen LogP contribution in [0.2, 0.25) is 5.02 Å². The molecule has 4 rings (SSSR count). The third-order valence-corrected chi connectivity index (χ3v) is 7.46. The third-order valence-electron chi connectivity index (χ3n) is 7.13. The second-order valence-corrected chi connectivity index (χ2v) is 10.1. The minimum Gasteiger partial charge on any atom is -0.489 e. The van der Waals surface area contributed by atoms with Gasteiger partial charge in [0.15, 0.2) is 11.6 Å². The molecule has 0 amide bonds. The van der Waals surface area contributed by atoms with Crippen molar-refractivity contribution in [3.63, 3.8) is 0 Å². The molecule has 8 heteroatoms. The van der Waals surface area contributed by atoms with Crippen molar-refractivity contribution >= 4 is 23.1 Å². The molecule has 0 aromatic heterocycles. The Morgan fingerprint density at radius 3 is 2.81 bits per heavy atom. The second kappa shape index (κ2) is 11.7. The van der Waals surface area contributed by atoms with Crippen LogP contribution in [0.1, 0.15) is 49.4 Å². The van der Waals surface area contributed by atoms with E-state index in [1.54, 1.807) is 13.0 Å². The predicted molar refractivity (Wildman–Crippen MR) is 138 cm³/mol. The molecular formula is C28H33ClF2N2O3. The number of carboxylic acid groups (broad SMARTS) is 1. The summed E-state index contributed by atoms with van der Waals surface area (Å²) in [6.45, 7) is 4.83. The molecular weight excluding hydrogens is 486 g/mol. The van der Waals surface area contributed by atoms with Crippen molar-refractivity contribution in [1.82, 2.24) is 10.2 Å². The van der Waals surface area contributed by atoms with Gasteiger partial charge in [-0.2, -0.15) is 0 Å². The number of carbonyl (C=O) groups is 1. The Kier molecular flexibility index (Phi) is 8.65. The number of rotatable bonds is 11. The van der Waals surface area contributed by atoms with Gasteiger partial charge in [0.05, 0.1) is 18.6 Å². The Morgan fingerprint density at radius 2 is 2.06 bits per heavy atom. The smallest absolute Gasteiger partial charge is 0.307 e. The van der Waals surface area contributed by atoms with Crippen molar-refractivity contribution in [3.8, 4) is 5.75 Å². The molecule has 0 unspecified atom stereocenters. The molecule has 0 saturated carbocycles. The lowest BCUT2D eigenvalue weighted by Gasteiger charge is -2.43. The molecule has 0 spiro atoms. The number of ether oxygens (including phenoxy) is 1. The van der Waals surface area contributed by atoms with Gasteiger partial charge in [0.2, 0.25) is 0 Å². The van der Waals surface area contributed by atoms with E-state index in [1.165, 1.54) is 22.8 Å². The summed E-state index contributed by atoms with van der Waals surface area (Å²) in [5, 5.41) is 13.0. The molecule has 0 bridgehead atoms. The SMILES string of the molecule is C[C@@H]1CC2=C(Cc3ccccc32)[C@@H](c2c(Cl)ccc(OCCNCCCF)c2F)N1C[C@H](C)C(=O)O. The first-order chi connectivity index (χ1) is 17.3. The summed E-state index contributed by atoms with van der Waals surface area (Å²) in [6.07, 6.45) is 1.85. The third kappa shape index (κ3) is 5.43. The average Bonchev–Trinajstić information content (AvgIpc) is 3.22. The first-order valence-corrected chi connectivity index (χ1v) is 12.9. The highest BCUT2D eigenvalue weighted by atomic mass is 35.5. The topological polar surface area (TPSA) is 61.8 Å². The first-order valence-electron chi connectivity index (χ1n) is 12.5. The summed E-state index contributed by atoms with van der Waals surface area (Å²) in [7, 11) is 0. The minimum atomic E-state index is -0.889. The molecule has 0 fully saturated rings. The van der Waals surface area contributed by atoms with Gasteiger partial charge in [0.25, 0.3) is 0 Å². The molecule has 194 valence electrons. The Bertz CT molecular complexity index is 1140. The monoisotopic (exact) mass is 518 g/mol. The van der Waals surface area contributed by atoms with Gasteiger partial charge in [0, 0.05) is 29.7 Å². The molecule has 0 radical (unpaired) electrons. The second-order valence-electron chi connectivity index (χ2n) is 9.64. The number of halogens is 3. The highest BCUT2D eigenvalue weighted by Gasteiger charge is 2.42. The summed E-state index contributed by atoms with van der Waals surface area (Å²) < 4.78 is 34.1. The van der Waals surface area contributed by atoms with E-state index in [9.17, 15) is 14.3 Å². The van der Waals surface area contributed by atoms with E-state index in [0.29, 0.717) is 31.5 Å². The number of benzene rings is 2. The number of nitrogens with zero attached hydrogens (tertiary/aromatic N) is 1. The Hall–Kier alpha value is -2.48. The lowest BCUT2D eigenvalue weighted by Crippen LogP contribution is -2.44. The number of aliphatic carboxylic acids is 1. The molecule has 2 N–H and O–H groups in total. The van der Waals surface area contributed by atoms with Crippen LogP contribution >= 0.6 is 11.6 Å². The average molecular weight is 519 g/mol. The maximum absolute atomic E-state index is 16.1. The van der Waals surface area contributed by atoms with Crippen LogP contribution in [0, 0.1) is 11.7 Å². The lowest BCUT2D eigenvalue weighted by molar-refractivity contribution is -0.142. The van der Waals surface area contributed by atoms with Crippen LogP contribution in [0.5, 0.6) is 5.75 Å². The highest BCUT2D eigenvalue weighted by molar-refractivity contribution is 6.31. The van der Waals surface area contributed by atoms with Crippen LogP contribution in [-0.4, -0.2) is 54.9 Å². The molecule has 3 atom stereocenters. The summed E-state index contributed by atoms with van der Waals surface area (Å²) in [5.74, 6) is -1.94. The largest absolute Gasteiger partial charge is 0.489 e. The van der Waals surface area contributed by atoms with Gasteiger partial charge < -0.3 is 15.2 Å². The quantitative estimate of drug-likeness (QED) is 0.375. The van der Waals surface area contributed by atoms with Crippen molar-refractivity contribution in [2.45, 2.75) is 45.2 Å². The van der Waals surface area contributed by atoms with Crippen molar-refractivity contribution in [2.24, 2.45) is 5.92 Å². The molecule has 1 aliphatic carbocycles. The Balaban J connectivity index is 1.71. The van der Waals surface area contributed by atoms with Crippen molar-refractivity contribution < 1.29 is 23.4 Å². The van der Waals surface area contributed by atoms with Gasteiger partial charge in [-0.25, -0.2) is 4.39 Å². The van der Waals surface area contributed by atoms with E-state index in [2.05, 4.69) is 29.3 Å². The van der Waals surface area contributed by atoms with E-state index in [4.69, 9.17) is 16.3 Å². The number of fused-ring (bicyclic) bond motifs is 2. The van der Waals surface area contributed by atoms with Crippen molar-refractivity contribution in [3.05, 3.63) is 69.5 Å². The van der Waals surface area contributed by atoms with Crippen molar-refractivity contribution in [1.29, 1.82) is 0 Å². The fraction of sp³-hybridized carbons (Fsp3) is 0.464. The van der Waals surface area contributed by atoms with Gasteiger partial charge in [-0.1, -0.05) is 42.8 Å². The number of alkyl halides is 1. The normalized spacial score (nSPS) is 20.2. The van der Waals surface area contributed by atoms with Crippen LogP contribution < -0.4 is 10.1 Å². The molecule has 0 saturated heterocycles. The molecule has 2 aromatic rings. The first kappa shape index (κ1) is 26.6. The zero-order valence-electron chi connectivity index (χ0n) is 20.7. The van der Waals surface area contributed by atoms with Gasteiger partial charge in [0.1, 0.15) is 6.61 Å². The van der Waals surface area contributed by atoms with Crippen LogP contribution in [0.4, 0.5) is 8.78 Å². The number of nitrogens with one attached hydrogen (secondary N) is 1. The zero-order valence-corrected chi connectivity index (χ0v) is 21.5. The molecule has 2 aromatic carbocycles. The predicted octanol–water partition coefficient (Wildman–Crippen LogP) is 5.67. The molecule has 1 heterocycles. The maximum atomic E-state index is 16.1. The standard InChI is InChI=1S/C28H33ClF2N2O3/c1-17(28(34)35)16-33-18(2)14-21-20-7-4-3-6-19(20)15-22(21)27(33)25-23(29)8-9-24(26(25)31)36-13-12-32-11-5-10-30/h3-4,6-9,17-18,27,32H,5,10-16H2,1-2H3,(H,34,35)/t17-,18+,27-/m0/s1. The summed E-state index contributed by atoms with van der Waals surface area (Å²) in [4.78, 5) is 13.8. The van der Waals surface area contributed by atoms with E-state index >= 15 is 4.39 Å². The van der Waals surface area contributed by atoms with Gasteiger partial charge in [-0.05, 0) is 67.1 Å². The number of hydrogen-bond donors (Lipinski definition) is 2. The van der Waals surface area contributed by atoms with Gasteiger partial charge in [-0.15, -0.1) is 0 Å².